The van der Waals surface area contributed by atoms with E-state index in [-0.39, 0.29) is 24.1 Å². The molecule has 3 N–H and O–H groups in total. The molecular formula is C22H24N6O4S. The van der Waals surface area contributed by atoms with Crippen LogP contribution in [0.25, 0.3) is 5.82 Å². The number of nitrogens with one attached hydrogen (secondary N) is 1. The largest absolute Gasteiger partial charge is 0.490 e. The highest BCUT2D eigenvalue weighted by Gasteiger charge is 2.27. The molecular weight excluding hydrogens is 444 g/mol. The van der Waals surface area contributed by atoms with Crippen molar-refractivity contribution < 1.29 is 17.9 Å². The van der Waals surface area contributed by atoms with Crippen molar-refractivity contribution in [3.63, 3.8) is 0 Å². The SMILES string of the molecule is Cc1cn(-c2cc(C(=O)NC(C)(C)COc3cccc4c3C(N)=NS(=O)(=O)C4)ccn2)cn1. The van der Waals surface area contributed by atoms with Gasteiger partial charge in [-0.15, -0.1) is 4.40 Å². The van der Waals surface area contributed by atoms with E-state index < -0.39 is 15.6 Å². The lowest BCUT2D eigenvalue weighted by Crippen LogP contribution is -2.48. The van der Waals surface area contributed by atoms with Crippen LogP contribution < -0.4 is 15.8 Å². The molecule has 0 fully saturated rings. The number of fused-ring (bicyclic) bond motifs is 1. The molecule has 1 amide bonds. The normalized spacial score (nSPS) is 14.8. The molecule has 1 aliphatic rings. The number of rotatable bonds is 6. The number of aryl methyl sites for hydroxylation is 1. The third-order valence-corrected chi connectivity index (χ3v) is 6.12. The van der Waals surface area contributed by atoms with Crippen molar-refractivity contribution in [1.29, 1.82) is 0 Å². The summed E-state index contributed by atoms with van der Waals surface area (Å²) in [4.78, 5) is 21.4. The monoisotopic (exact) mass is 468 g/mol. The van der Waals surface area contributed by atoms with Gasteiger partial charge in [0.1, 0.15) is 30.3 Å². The molecule has 10 nitrogen and oxygen atoms in total. The summed E-state index contributed by atoms with van der Waals surface area (Å²) in [5.74, 6) is 0.367. The summed E-state index contributed by atoms with van der Waals surface area (Å²) in [5.41, 5.74) is 7.42. The van der Waals surface area contributed by atoms with Crippen LogP contribution >= 0.6 is 0 Å². The summed E-state index contributed by atoms with van der Waals surface area (Å²) >= 11 is 0. The highest BCUT2D eigenvalue weighted by molar-refractivity contribution is 7.89. The van der Waals surface area contributed by atoms with Crippen LogP contribution in [-0.2, 0) is 15.8 Å². The second-order valence-electron chi connectivity index (χ2n) is 8.44. The van der Waals surface area contributed by atoms with Crippen molar-refractivity contribution in [3.8, 4) is 11.6 Å². The van der Waals surface area contributed by atoms with Crippen LogP contribution in [0.5, 0.6) is 5.75 Å². The van der Waals surface area contributed by atoms with E-state index in [2.05, 4.69) is 19.7 Å². The van der Waals surface area contributed by atoms with E-state index >= 15 is 0 Å². The second-order valence-corrected chi connectivity index (χ2v) is 10.1. The van der Waals surface area contributed by atoms with Crippen LogP contribution in [0.15, 0.2) is 53.5 Å². The highest BCUT2D eigenvalue weighted by Crippen LogP contribution is 2.28. The number of carbonyl (C=O) groups is 1. The van der Waals surface area contributed by atoms with Crippen molar-refractivity contribution in [3.05, 3.63) is 71.4 Å². The maximum absolute atomic E-state index is 12.9. The first kappa shape index (κ1) is 22.5. The van der Waals surface area contributed by atoms with Gasteiger partial charge in [-0.25, -0.2) is 18.4 Å². The Hall–Kier alpha value is -3.73. The van der Waals surface area contributed by atoms with Crippen LogP contribution in [0.3, 0.4) is 0 Å². The van der Waals surface area contributed by atoms with Gasteiger partial charge in [-0.3, -0.25) is 9.36 Å². The number of ether oxygens (including phenoxy) is 1. The number of imidazole rings is 1. The predicted octanol–water partition coefficient (Wildman–Crippen LogP) is 1.71. The van der Waals surface area contributed by atoms with Gasteiger partial charge in [-0.2, -0.15) is 0 Å². The van der Waals surface area contributed by atoms with E-state index in [9.17, 15) is 13.2 Å². The number of pyridine rings is 1. The Morgan fingerprint density at radius 3 is 2.79 bits per heavy atom. The van der Waals surface area contributed by atoms with Gasteiger partial charge in [0.25, 0.3) is 15.9 Å². The van der Waals surface area contributed by atoms with Crippen molar-refractivity contribution in [2.75, 3.05) is 6.61 Å². The van der Waals surface area contributed by atoms with Crippen molar-refractivity contribution in [2.45, 2.75) is 32.1 Å². The molecule has 3 heterocycles. The van der Waals surface area contributed by atoms with Crippen LogP contribution in [0, 0.1) is 6.92 Å². The topological polar surface area (TPSA) is 142 Å². The third-order valence-electron chi connectivity index (χ3n) is 4.97. The first-order valence-corrected chi connectivity index (χ1v) is 11.8. The predicted molar refractivity (Wildman–Crippen MR) is 123 cm³/mol. The number of hydrogen-bond donors (Lipinski definition) is 2. The summed E-state index contributed by atoms with van der Waals surface area (Å²) in [5, 5.41) is 2.96. The van der Waals surface area contributed by atoms with Gasteiger partial charge in [0.2, 0.25) is 0 Å². The molecule has 2 aromatic heterocycles. The van der Waals surface area contributed by atoms with Gasteiger partial charge in [0.15, 0.2) is 0 Å². The molecule has 0 bridgehead atoms. The number of benzene rings is 1. The van der Waals surface area contributed by atoms with E-state index in [0.29, 0.717) is 28.3 Å². The highest BCUT2D eigenvalue weighted by atomic mass is 32.2. The van der Waals surface area contributed by atoms with E-state index in [0.717, 1.165) is 5.69 Å². The minimum absolute atomic E-state index is 0.104. The molecule has 0 spiro atoms. The van der Waals surface area contributed by atoms with Gasteiger partial charge in [0, 0.05) is 18.0 Å². The van der Waals surface area contributed by atoms with E-state index in [4.69, 9.17) is 10.5 Å². The van der Waals surface area contributed by atoms with Gasteiger partial charge in [0.05, 0.1) is 22.5 Å². The third kappa shape index (κ3) is 5.03. The Morgan fingerprint density at radius 2 is 2.06 bits per heavy atom. The summed E-state index contributed by atoms with van der Waals surface area (Å²) in [7, 11) is -3.63. The van der Waals surface area contributed by atoms with Crippen LogP contribution in [-0.4, -0.2) is 46.8 Å². The van der Waals surface area contributed by atoms with Gasteiger partial charge in [-0.1, -0.05) is 12.1 Å². The zero-order valence-electron chi connectivity index (χ0n) is 18.4. The van der Waals surface area contributed by atoms with Gasteiger partial charge in [-0.05, 0) is 44.5 Å². The molecule has 0 aliphatic carbocycles. The van der Waals surface area contributed by atoms with Crippen molar-refractivity contribution in [1.82, 2.24) is 19.9 Å². The second kappa shape index (κ2) is 8.32. The number of nitrogens with zero attached hydrogens (tertiary/aromatic N) is 4. The summed E-state index contributed by atoms with van der Waals surface area (Å²) in [6.45, 7) is 5.64. The van der Waals surface area contributed by atoms with Crippen molar-refractivity contribution in [2.24, 2.45) is 10.1 Å². The fraction of sp³-hybridized carbons (Fsp3) is 0.273. The molecule has 11 heteroatoms. The quantitative estimate of drug-likeness (QED) is 0.561. The van der Waals surface area contributed by atoms with E-state index in [1.165, 1.54) is 0 Å². The molecule has 0 radical (unpaired) electrons. The lowest BCUT2D eigenvalue weighted by molar-refractivity contribution is 0.0880. The Kier molecular flexibility index (Phi) is 5.66. The standard InChI is InChI=1S/C22H24N6O4S/c1-14-10-28(13-25-14)18-9-15(7-8-24-18)21(29)26-22(2,3)12-32-17-6-4-5-16-11-33(30,31)27-20(23)19(16)17/h4-10,13H,11-12H2,1-3H3,(H2,23,27)(H,26,29). The molecule has 0 atom stereocenters. The van der Waals surface area contributed by atoms with E-state index in [1.807, 2.05) is 27.0 Å². The molecule has 172 valence electrons. The molecule has 33 heavy (non-hydrogen) atoms. The summed E-state index contributed by atoms with van der Waals surface area (Å²) in [6, 6.07) is 8.38. The molecule has 1 aliphatic heterocycles. The fourth-order valence-corrected chi connectivity index (χ4v) is 4.54. The molecule has 4 rings (SSSR count). The number of amidine groups is 1. The Morgan fingerprint density at radius 1 is 1.27 bits per heavy atom. The zero-order chi connectivity index (χ0) is 23.8. The number of carbonyl (C=O) groups excluding carboxylic acids is 1. The maximum Gasteiger partial charge on any atom is 0.259 e. The van der Waals surface area contributed by atoms with Crippen molar-refractivity contribution >= 4 is 21.8 Å². The minimum Gasteiger partial charge on any atom is -0.490 e. The zero-order valence-corrected chi connectivity index (χ0v) is 19.3. The van der Waals surface area contributed by atoms with E-state index in [1.54, 1.807) is 47.4 Å². The Labute approximate surface area is 191 Å². The summed E-state index contributed by atoms with van der Waals surface area (Å²) in [6.07, 6.45) is 5.02. The Bertz CT molecular complexity index is 1360. The molecule has 0 unspecified atom stereocenters. The number of nitrogens with two attached hydrogens (primary N) is 1. The molecule has 0 saturated heterocycles. The number of sulfonamides is 1. The lowest BCUT2D eigenvalue weighted by Gasteiger charge is -2.27. The number of hydrogen-bond acceptors (Lipinski definition) is 7. The maximum atomic E-state index is 12.9. The summed E-state index contributed by atoms with van der Waals surface area (Å²) < 4.78 is 35.0. The molecule has 3 aromatic rings. The Balaban J connectivity index is 1.47. The minimum atomic E-state index is -3.63. The first-order chi connectivity index (χ1) is 15.5. The molecule has 0 saturated carbocycles. The number of amides is 1. The van der Waals surface area contributed by atoms with Gasteiger partial charge < -0.3 is 15.8 Å². The smallest absolute Gasteiger partial charge is 0.259 e. The lowest BCUT2D eigenvalue weighted by atomic mass is 10.0. The van der Waals surface area contributed by atoms with Crippen LogP contribution in [0.4, 0.5) is 0 Å². The average molecular weight is 469 g/mol. The molecule has 1 aromatic carbocycles. The van der Waals surface area contributed by atoms with Crippen LogP contribution in [0.2, 0.25) is 0 Å². The first-order valence-electron chi connectivity index (χ1n) is 10.2. The number of aromatic nitrogens is 3. The van der Waals surface area contributed by atoms with Gasteiger partial charge >= 0.3 is 0 Å². The average Bonchev–Trinajstić information content (AvgIpc) is 3.17. The fourth-order valence-electron chi connectivity index (χ4n) is 3.45. The van der Waals surface area contributed by atoms with Crippen LogP contribution in [0.1, 0.15) is 41.0 Å².